The lowest BCUT2D eigenvalue weighted by atomic mass is 10.2. The van der Waals surface area contributed by atoms with Crippen LogP contribution in [0.5, 0.6) is 0 Å². The van der Waals surface area contributed by atoms with Crippen molar-refractivity contribution >= 4 is 38.9 Å². The molecule has 0 saturated carbocycles. The number of carboxylic acid groups (broad SMARTS) is 1. The van der Waals surface area contributed by atoms with E-state index in [1.54, 1.807) is 18.2 Å². The van der Waals surface area contributed by atoms with Gasteiger partial charge in [-0.25, -0.2) is 17.9 Å². The second kappa shape index (κ2) is 6.57. The summed E-state index contributed by atoms with van der Waals surface area (Å²) in [4.78, 5) is 10.7. The van der Waals surface area contributed by atoms with E-state index in [-0.39, 0.29) is 16.3 Å². The van der Waals surface area contributed by atoms with Crippen LogP contribution in [0.3, 0.4) is 0 Å². The van der Waals surface area contributed by atoms with Gasteiger partial charge in [-0.05, 0) is 30.2 Å². The SMILES string of the molecule is O=C(O)c1cc(S(=O)(=O)NCCc2cccc(Cl)c2)cs1. The van der Waals surface area contributed by atoms with Gasteiger partial charge in [-0.15, -0.1) is 11.3 Å². The first-order chi connectivity index (χ1) is 9.88. The van der Waals surface area contributed by atoms with Gasteiger partial charge in [0.1, 0.15) is 4.88 Å². The van der Waals surface area contributed by atoms with Crippen molar-refractivity contribution in [3.8, 4) is 0 Å². The Morgan fingerprint density at radius 3 is 2.71 bits per heavy atom. The summed E-state index contributed by atoms with van der Waals surface area (Å²) in [5, 5.41) is 10.7. The zero-order chi connectivity index (χ0) is 15.5. The van der Waals surface area contributed by atoms with Gasteiger partial charge in [-0.3, -0.25) is 0 Å². The molecule has 5 nitrogen and oxygen atoms in total. The van der Waals surface area contributed by atoms with Crippen molar-refractivity contribution in [3.05, 3.63) is 51.2 Å². The first kappa shape index (κ1) is 16.0. The van der Waals surface area contributed by atoms with Crippen LogP contribution in [-0.2, 0) is 16.4 Å². The largest absolute Gasteiger partial charge is 0.477 e. The van der Waals surface area contributed by atoms with Gasteiger partial charge in [0, 0.05) is 16.9 Å². The molecule has 0 bridgehead atoms. The molecule has 0 saturated heterocycles. The van der Waals surface area contributed by atoms with Gasteiger partial charge in [-0.2, -0.15) is 0 Å². The number of hydrogen-bond donors (Lipinski definition) is 2. The minimum absolute atomic E-state index is 0.00906. The maximum Gasteiger partial charge on any atom is 0.345 e. The Hall–Kier alpha value is -1.41. The molecule has 8 heteroatoms. The molecule has 0 unspecified atom stereocenters. The fourth-order valence-electron chi connectivity index (χ4n) is 1.68. The zero-order valence-corrected chi connectivity index (χ0v) is 13.1. The smallest absolute Gasteiger partial charge is 0.345 e. The summed E-state index contributed by atoms with van der Waals surface area (Å²) in [6, 6.07) is 8.31. The Morgan fingerprint density at radius 1 is 1.33 bits per heavy atom. The highest BCUT2D eigenvalue weighted by molar-refractivity contribution is 7.89. The molecular weight excluding hydrogens is 334 g/mol. The number of nitrogens with one attached hydrogen (secondary N) is 1. The van der Waals surface area contributed by atoms with Crippen LogP contribution in [0, 0.1) is 0 Å². The van der Waals surface area contributed by atoms with E-state index in [0.29, 0.717) is 11.4 Å². The predicted molar refractivity (Wildman–Crippen MR) is 81.6 cm³/mol. The first-order valence-corrected chi connectivity index (χ1v) is 8.68. The molecule has 0 radical (unpaired) electrons. The molecule has 0 aliphatic rings. The minimum Gasteiger partial charge on any atom is -0.477 e. The molecule has 0 atom stereocenters. The summed E-state index contributed by atoms with van der Waals surface area (Å²) >= 11 is 6.73. The van der Waals surface area contributed by atoms with Crippen LogP contribution >= 0.6 is 22.9 Å². The van der Waals surface area contributed by atoms with Crippen molar-refractivity contribution < 1.29 is 18.3 Å². The van der Waals surface area contributed by atoms with Crippen molar-refractivity contribution in [3.63, 3.8) is 0 Å². The van der Waals surface area contributed by atoms with Gasteiger partial charge in [-0.1, -0.05) is 23.7 Å². The third kappa shape index (κ3) is 4.28. The molecule has 21 heavy (non-hydrogen) atoms. The molecule has 0 fully saturated rings. The summed E-state index contributed by atoms with van der Waals surface area (Å²) in [7, 11) is -3.69. The Balaban J connectivity index is 1.99. The number of aromatic carboxylic acids is 1. The zero-order valence-electron chi connectivity index (χ0n) is 10.7. The average Bonchev–Trinajstić information content (AvgIpc) is 2.89. The van der Waals surface area contributed by atoms with Gasteiger partial charge in [0.2, 0.25) is 10.0 Å². The van der Waals surface area contributed by atoms with Crippen LogP contribution in [0.2, 0.25) is 5.02 Å². The maximum atomic E-state index is 12.0. The fraction of sp³-hybridized carbons (Fsp3) is 0.154. The lowest BCUT2D eigenvalue weighted by Crippen LogP contribution is -2.25. The Kier molecular flexibility index (Phi) is 5.00. The molecule has 0 spiro atoms. The van der Waals surface area contributed by atoms with Gasteiger partial charge < -0.3 is 5.11 Å². The third-order valence-corrected chi connectivity index (χ3v) is 5.43. The highest BCUT2D eigenvalue weighted by Crippen LogP contribution is 2.19. The van der Waals surface area contributed by atoms with E-state index in [0.717, 1.165) is 23.0 Å². The van der Waals surface area contributed by atoms with Crippen LogP contribution in [-0.4, -0.2) is 26.0 Å². The van der Waals surface area contributed by atoms with E-state index in [9.17, 15) is 13.2 Å². The van der Waals surface area contributed by atoms with E-state index < -0.39 is 16.0 Å². The van der Waals surface area contributed by atoms with Crippen molar-refractivity contribution in [2.24, 2.45) is 0 Å². The number of benzene rings is 1. The highest BCUT2D eigenvalue weighted by Gasteiger charge is 2.17. The lowest BCUT2D eigenvalue weighted by Gasteiger charge is -2.05. The Labute approximate surface area is 131 Å². The maximum absolute atomic E-state index is 12.0. The topological polar surface area (TPSA) is 83.5 Å². The summed E-state index contributed by atoms with van der Waals surface area (Å²) in [6.45, 7) is 0.209. The Morgan fingerprint density at radius 2 is 2.10 bits per heavy atom. The highest BCUT2D eigenvalue weighted by atomic mass is 35.5. The molecule has 1 heterocycles. The molecule has 1 aromatic heterocycles. The number of halogens is 1. The molecule has 0 aliphatic carbocycles. The van der Waals surface area contributed by atoms with Gasteiger partial charge in [0.15, 0.2) is 0 Å². The predicted octanol–water partition coefficient (Wildman–Crippen LogP) is 2.62. The van der Waals surface area contributed by atoms with Crippen molar-refractivity contribution in [1.82, 2.24) is 4.72 Å². The molecule has 2 aromatic rings. The van der Waals surface area contributed by atoms with E-state index in [1.165, 1.54) is 5.38 Å². The van der Waals surface area contributed by atoms with Crippen LogP contribution in [0.4, 0.5) is 0 Å². The van der Waals surface area contributed by atoms with E-state index in [1.807, 2.05) is 6.07 Å². The average molecular weight is 346 g/mol. The van der Waals surface area contributed by atoms with Gasteiger partial charge in [0.05, 0.1) is 4.90 Å². The van der Waals surface area contributed by atoms with Crippen molar-refractivity contribution in [2.75, 3.05) is 6.54 Å². The van der Waals surface area contributed by atoms with E-state index in [2.05, 4.69) is 4.72 Å². The molecule has 2 rings (SSSR count). The van der Waals surface area contributed by atoms with Crippen LogP contribution in [0.1, 0.15) is 15.2 Å². The summed E-state index contributed by atoms with van der Waals surface area (Å²) in [5.74, 6) is -1.14. The second-order valence-corrected chi connectivity index (χ2v) is 7.34. The van der Waals surface area contributed by atoms with Crippen LogP contribution in [0.25, 0.3) is 0 Å². The number of carboxylic acids is 1. The van der Waals surface area contributed by atoms with Gasteiger partial charge >= 0.3 is 5.97 Å². The molecular formula is C13H12ClNO4S2. The van der Waals surface area contributed by atoms with Gasteiger partial charge in [0.25, 0.3) is 0 Å². The normalized spacial score (nSPS) is 11.5. The van der Waals surface area contributed by atoms with Crippen LogP contribution < -0.4 is 4.72 Å². The quantitative estimate of drug-likeness (QED) is 0.843. The summed E-state index contributed by atoms with van der Waals surface area (Å²) in [6.07, 6.45) is 0.496. The molecule has 2 N–H and O–H groups in total. The number of sulfonamides is 1. The number of rotatable bonds is 6. The monoisotopic (exact) mass is 345 g/mol. The fourth-order valence-corrected chi connectivity index (χ4v) is 4.03. The minimum atomic E-state index is -3.69. The van der Waals surface area contributed by atoms with Crippen molar-refractivity contribution in [2.45, 2.75) is 11.3 Å². The summed E-state index contributed by atoms with van der Waals surface area (Å²) < 4.78 is 26.4. The Bertz CT molecular complexity index is 755. The van der Waals surface area contributed by atoms with Crippen LogP contribution in [0.15, 0.2) is 40.6 Å². The second-order valence-electron chi connectivity index (χ2n) is 4.23. The lowest BCUT2D eigenvalue weighted by molar-refractivity contribution is 0.0702. The molecule has 112 valence electrons. The standard InChI is InChI=1S/C13H12ClNO4S2/c14-10-3-1-2-9(6-10)4-5-15-21(18,19)11-7-12(13(16)17)20-8-11/h1-3,6-8,15H,4-5H2,(H,16,17). The third-order valence-electron chi connectivity index (χ3n) is 2.69. The number of carbonyl (C=O) groups is 1. The number of hydrogen-bond acceptors (Lipinski definition) is 4. The van der Waals surface area contributed by atoms with E-state index in [4.69, 9.17) is 16.7 Å². The molecule has 1 aromatic carbocycles. The van der Waals surface area contributed by atoms with E-state index >= 15 is 0 Å². The molecule has 0 aliphatic heterocycles. The summed E-state index contributed by atoms with van der Waals surface area (Å²) in [5.41, 5.74) is 0.918. The molecule has 0 amide bonds. The van der Waals surface area contributed by atoms with Crippen molar-refractivity contribution in [1.29, 1.82) is 0 Å². The first-order valence-electron chi connectivity index (χ1n) is 5.94. The number of thiophene rings is 1.